The Morgan fingerprint density at radius 2 is 2.00 bits per heavy atom. The molecule has 1 saturated heterocycles. The standard InChI is InChI=1S/C2H5I3/c1-5-3-2-4-5/h2H2,1H3. The molecular weight excluding hydrogens is 405 g/mol. The minimum atomic E-state index is 0.119. The predicted molar refractivity (Wildman–Crippen MR) is 52.9 cm³/mol. The van der Waals surface area contributed by atoms with Gasteiger partial charge in [0, 0.05) is 0 Å². The van der Waals surface area contributed by atoms with Crippen molar-refractivity contribution in [3.8, 4) is 0 Å². The topological polar surface area (TPSA) is 0 Å². The van der Waals surface area contributed by atoms with Gasteiger partial charge < -0.3 is 0 Å². The fourth-order valence-corrected chi connectivity index (χ4v) is 34.6. The predicted octanol–water partition coefficient (Wildman–Crippen LogP) is 2.87. The van der Waals surface area contributed by atoms with Crippen molar-refractivity contribution in [2.24, 2.45) is 0 Å². The fourth-order valence-electron chi connectivity index (χ4n) is 0.115. The molecule has 0 spiro atoms. The van der Waals surface area contributed by atoms with Crippen LogP contribution in [-0.4, -0.2) is 7.36 Å². The van der Waals surface area contributed by atoms with E-state index in [0.717, 1.165) is 34.5 Å². The second kappa shape index (κ2) is 2.49. The Labute approximate surface area is 52.5 Å². The molecule has 0 aliphatic carbocycles. The van der Waals surface area contributed by atoms with E-state index in [4.69, 9.17) is 0 Å². The Hall–Kier alpha value is 2.19. The van der Waals surface area contributed by atoms with E-state index in [2.05, 4.69) is 4.93 Å². The van der Waals surface area contributed by atoms with Crippen LogP contribution in [0.3, 0.4) is 0 Å². The number of rotatable bonds is 0. The molecule has 1 rings (SSSR count). The van der Waals surface area contributed by atoms with E-state index in [1.54, 1.807) is 2.43 Å². The number of halogens is 3. The molecule has 0 nitrogen and oxygen atoms in total. The second-order valence-electron chi connectivity index (χ2n) is 0.643. The van der Waals surface area contributed by atoms with E-state index >= 15 is 0 Å². The van der Waals surface area contributed by atoms with Crippen LogP contribution >= 0.6 is 46.3 Å². The van der Waals surface area contributed by atoms with Gasteiger partial charge in [-0.15, -0.1) is 0 Å². The summed E-state index contributed by atoms with van der Waals surface area (Å²) >= 11 is 1.99. The third-order valence-electron chi connectivity index (χ3n) is 0.355. The zero-order valence-corrected chi connectivity index (χ0v) is 9.31. The van der Waals surface area contributed by atoms with Gasteiger partial charge in [-0.1, -0.05) is 0 Å². The quantitative estimate of drug-likeness (QED) is 0.426. The van der Waals surface area contributed by atoms with Crippen LogP contribution in [0.4, 0.5) is 0 Å². The monoisotopic (exact) mass is 410 g/mol. The van der Waals surface area contributed by atoms with Gasteiger partial charge in [0.1, 0.15) is 0 Å². The molecule has 3 heteroatoms. The van der Waals surface area contributed by atoms with Crippen molar-refractivity contribution >= 4 is 46.3 Å². The van der Waals surface area contributed by atoms with Gasteiger partial charge in [0.05, 0.1) is 0 Å². The van der Waals surface area contributed by atoms with Gasteiger partial charge in [0.15, 0.2) is 0 Å². The third kappa shape index (κ3) is 1.62. The van der Waals surface area contributed by atoms with Crippen LogP contribution in [-0.2, 0) is 0 Å². The van der Waals surface area contributed by atoms with Crippen molar-refractivity contribution < 1.29 is 0 Å². The van der Waals surface area contributed by atoms with Gasteiger partial charge in [-0.05, 0) is 0 Å². The molecule has 0 bridgehead atoms. The molecule has 1 heterocycles. The maximum atomic E-state index is 2.56. The molecule has 0 unspecified atom stereocenters. The molecular formula is C2H5I3. The summed E-state index contributed by atoms with van der Waals surface area (Å²) in [5, 5.41) is 0. The summed E-state index contributed by atoms with van der Waals surface area (Å²) in [6.07, 6.45) is 0. The summed E-state index contributed by atoms with van der Waals surface area (Å²) < 4.78 is 1.78. The van der Waals surface area contributed by atoms with Crippen LogP contribution in [0.2, 0.25) is 0 Å². The van der Waals surface area contributed by atoms with Crippen molar-refractivity contribution in [3.63, 3.8) is 0 Å². The zero-order chi connectivity index (χ0) is 3.70. The molecule has 1 fully saturated rings. The van der Waals surface area contributed by atoms with Crippen molar-refractivity contribution in [3.05, 3.63) is 0 Å². The zero-order valence-electron chi connectivity index (χ0n) is 2.84. The molecule has 0 aromatic rings. The molecule has 0 atom stereocenters. The Bertz CT molecular complexity index is 31.9. The van der Waals surface area contributed by atoms with E-state index in [0.29, 0.717) is 0 Å². The normalized spacial score (nSPS) is 29.4. The molecule has 0 saturated carbocycles. The SMILES string of the molecule is CI1[I]C[I]1. The molecule has 5 heavy (non-hydrogen) atoms. The van der Waals surface area contributed by atoms with Gasteiger partial charge in [-0.2, -0.15) is 0 Å². The Balaban J connectivity index is 2.08. The summed E-state index contributed by atoms with van der Waals surface area (Å²) in [4.78, 5) is 2.56. The second-order valence-corrected chi connectivity index (χ2v) is 42.8. The van der Waals surface area contributed by atoms with Gasteiger partial charge in [-0.25, -0.2) is 0 Å². The summed E-state index contributed by atoms with van der Waals surface area (Å²) in [5.74, 6) is 0. The summed E-state index contributed by atoms with van der Waals surface area (Å²) in [7, 11) is 0. The van der Waals surface area contributed by atoms with Crippen LogP contribution in [0.5, 0.6) is 0 Å². The van der Waals surface area contributed by atoms with E-state index < -0.39 is 0 Å². The molecule has 0 N–H and O–H groups in total. The van der Waals surface area contributed by atoms with Gasteiger partial charge in [-0.3, -0.25) is 0 Å². The third-order valence-corrected chi connectivity index (χ3v) is 55.2. The first kappa shape index (κ1) is 5.33. The summed E-state index contributed by atoms with van der Waals surface area (Å²) in [6.45, 7) is 0. The van der Waals surface area contributed by atoms with E-state index in [-0.39, 0.29) is 11.9 Å². The van der Waals surface area contributed by atoms with Crippen molar-refractivity contribution in [1.82, 2.24) is 0 Å². The maximum absolute atomic E-state index is 2.56. The minimum absolute atomic E-state index is 0.119. The van der Waals surface area contributed by atoms with Crippen molar-refractivity contribution in [1.29, 1.82) is 0 Å². The summed E-state index contributed by atoms with van der Waals surface area (Å²) in [6, 6.07) is 0. The van der Waals surface area contributed by atoms with Crippen molar-refractivity contribution in [2.45, 2.75) is 0 Å². The number of hydrogen-bond donors (Lipinski definition) is 0. The van der Waals surface area contributed by atoms with E-state index in [1.807, 2.05) is 0 Å². The molecule has 34 valence electrons. The Morgan fingerprint density at radius 1 is 1.60 bits per heavy atom. The first-order chi connectivity index (χ1) is 2.39. The van der Waals surface area contributed by atoms with Crippen molar-refractivity contribution in [2.75, 3.05) is 7.36 Å². The molecule has 2 radical (unpaired) electrons. The molecule has 0 aromatic carbocycles. The summed E-state index contributed by atoms with van der Waals surface area (Å²) in [5.41, 5.74) is 0. The van der Waals surface area contributed by atoms with E-state index in [1.165, 1.54) is 0 Å². The Kier molecular flexibility index (Phi) is 2.65. The average molecular weight is 410 g/mol. The molecule has 1 aliphatic rings. The first-order valence-corrected chi connectivity index (χ1v) is 19.0. The first-order valence-electron chi connectivity index (χ1n) is 1.20. The fraction of sp³-hybridized carbons (Fsp3) is 1.00. The van der Waals surface area contributed by atoms with Crippen LogP contribution < -0.4 is 0 Å². The van der Waals surface area contributed by atoms with E-state index in [9.17, 15) is 0 Å². The Morgan fingerprint density at radius 3 is 2.00 bits per heavy atom. The molecule has 0 aromatic heterocycles. The van der Waals surface area contributed by atoms with Crippen LogP contribution in [0.25, 0.3) is 0 Å². The van der Waals surface area contributed by atoms with Crippen LogP contribution in [0.1, 0.15) is 0 Å². The van der Waals surface area contributed by atoms with Crippen LogP contribution in [0.15, 0.2) is 0 Å². The molecule has 0 amide bonds. The average Bonchev–Trinajstić information content (AvgIpc) is 1.30. The van der Waals surface area contributed by atoms with Crippen LogP contribution in [0, 0.1) is 0 Å². The number of alkyl halides is 3. The number of hydrogen-bond acceptors (Lipinski definition) is 0. The van der Waals surface area contributed by atoms with Gasteiger partial charge >= 0.3 is 53.7 Å². The van der Waals surface area contributed by atoms with Gasteiger partial charge in [0.25, 0.3) is 0 Å². The molecule has 1 aliphatic heterocycles. The van der Waals surface area contributed by atoms with Gasteiger partial charge in [0.2, 0.25) is 0 Å².